The molecule has 25 rings (SSSR count). The summed E-state index contributed by atoms with van der Waals surface area (Å²) in [4.78, 5) is 20.3. The number of hydrogen-bond donors (Lipinski definition) is 0. The Hall–Kier alpha value is -15.1. The van der Waals surface area contributed by atoms with Gasteiger partial charge >= 0.3 is 7.12 Å². The third kappa shape index (κ3) is 12.3. The SMILES string of the molecule is Brc1cccc2c1c1cc(-n3c4ccccc4c4ccccc43)ccc1n2-c1ccccc1.CC1(C)OB(c2cccc(-c3nc(-c4ccccc4)c4oc5ccccc5c4n3)c2)OC1(C)C.c1ccc(-c2nc(-c3cccc(-c4cccc5c4c4cc(-n6c7ccccc7c7ccccc76)ccc4n5-c4ccccc4)c3)nc3c2oc2ccccc23)cc1. The maximum Gasteiger partial charge on any atom is 0.494 e. The van der Waals surface area contributed by atoms with E-state index in [1.54, 1.807) is 0 Å². The van der Waals surface area contributed by atoms with Crippen LogP contribution in [0.15, 0.2) is 402 Å². The van der Waals surface area contributed by atoms with Gasteiger partial charge in [-0.2, -0.15) is 0 Å². The summed E-state index contributed by atoms with van der Waals surface area (Å²) in [5, 5.41) is 11.8. The first-order valence-corrected chi connectivity index (χ1v) is 42.7. The molecule has 1 saturated heterocycles. The topological polar surface area (TPSA) is 116 Å². The number of fused-ring (bicyclic) bond motifs is 18. The first-order valence-electron chi connectivity index (χ1n) is 41.9. The van der Waals surface area contributed by atoms with Crippen LogP contribution in [-0.2, 0) is 9.31 Å². The minimum absolute atomic E-state index is 0.404. The highest BCUT2D eigenvalue weighted by Gasteiger charge is 2.52. The standard InChI is InChI=1S/C52H32N4O.C30H19BrN2.C28H25BN2O3/c1-3-15-33(16-4-1)49-51-50(41-23-9-12-28-47(41)57-51)54-52(53-49)35-18-13-17-34(31-35)38-24-14-27-46-48(38)42-32-37(29-30-45(42)55(46)36-19-5-2-6-20-36)56-43-25-10-7-21-39(43)40-22-8-11-26-44(40)56;31-25-13-8-16-29-30(25)24-19-21(17-18-28(24)32(29)20-9-2-1-3-10-20)33-26-14-6-4-11-22(26)23-12-5-7-15-27(23)33;1-27(2)28(3,4)34-29(33-27)20-14-10-13-19(17-20)26-30-23(18-11-6-5-7-12-18)25-24(31-26)21-15-8-9-16-22(21)32-25/h1-32H;1-19H;5-17H,1-4H3. The Kier molecular flexibility index (Phi) is 17.7. The zero-order valence-electron chi connectivity index (χ0n) is 68.1. The van der Waals surface area contributed by atoms with Crippen molar-refractivity contribution in [3.05, 3.63) is 393 Å². The summed E-state index contributed by atoms with van der Waals surface area (Å²) >= 11 is 3.84. The first-order chi connectivity index (χ1) is 60.9. The molecular formula is C110H76BBrN8O4. The Bertz CT molecular complexity index is 8230. The van der Waals surface area contributed by atoms with E-state index in [0.29, 0.717) is 22.8 Å². The van der Waals surface area contributed by atoms with Gasteiger partial charge in [0, 0.05) is 103 Å². The molecule has 0 radical (unpaired) electrons. The third-order valence-electron chi connectivity index (χ3n) is 24.8. The summed E-state index contributed by atoms with van der Waals surface area (Å²) in [6.07, 6.45) is 0. The maximum atomic E-state index is 6.40. The summed E-state index contributed by atoms with van der Waals surface area (Å²) < 4.78 is 35.8. The number of para-hydroxylation sites is 8. The van der Waals surface area contributed by atoms with E-state index < -0.39 is 18.3 Å². The summed E-state index contributed by atoms with van der Waals surface area (Å²) in [6.45, 7) is 8.24. The van der Waals surface area contributed by atoms with Gasteiger partial charge in [0.25, 0.3) is 0 Å². The maximum absolute atomic E-state index is 6.40. The van der Waals surface area contributed by atoms with Gasteiger partial charge in [0.1, 0.15) is 33.6 Å². The van der Waals surface area contributed by atoms with Gasteiger partial charge in [0.2, 0.25) is 0 Å². The molecule has 0 aliphatic carbocycles. The van der Waals surface area contributed by atoms with Gasteiger partial charge in [0.05, 0.1) is 55.3 Å². The van der Waals surface area contributed by atoms with Gasteiger partial charge in [-0.1, -0.05) is 271 Å². The second-order valence-electron chi connectivity index (χ2n) is 32.7. The van der Waals surface area contributed by atoms with Crippen LogP contribution in [0.5, 0.6) is 0 Å². The lowest BCUT2D eigenvalue weighted by molar-refractivity contribution is 0.00578. The number of halogens is 1. The van der Waals surface area contributed by atoms with Crippen molar-refractivity contribution >= 4 is 160 Å². The van der Waals surface area contributed by atoms with E-state index >= 15 is 0 Å². The molecule has 0 atom stereocenters. The third-order valence-corrected chi connectivity index (χ3v) is 25.5. The Morgan fingerprint density at radius 1 is 0.266 bits per heavy atom. The Morgan fingerprint density at radius 2 is 0.613 bits per heavy atom. The smallest absolute Gasteiger partial charge is 0.452 e. The molecule has 9 heterocycles. The minimum atomic E-state index is -0.447. The number of hydrogen-bond acceptors (Lipinski definition) is 8. The molecule has 0 unspecified atom stereocenters. The molecule has 1 aliphatic heterocycles. The van der Waals surface area contributed by atoms with Crippen molar-refractivity contribution in [1.82, 2.24) is 38.2 Å². The molecule has 0 bridgehead atoms. The second-order valence-corrected chi connectivity index (χ2v) is 33.5. The highest BCUT2D eigenvalue weighted by molar-refractivity contribution is 9.10. The van der Waals surface area contributed by atoms with Crippen molar-refractivity contribution < 1.29 is 18.1 Å². The molecule has 8 aromatic heterocycles. The Balaban J connectivity index is 0.000000114. The molecule has 12 nitrogen and oxygen atoms in total. The van der Waals surface area contributed by atoms with Crippen molar-refractivity contribution in [1.29, 1.82) is 0 Å². The summed E-state index contributed by atoms with van der Waals surface area (Å²) in [5.74, 6) is 1.29. The van der Waals surface area contributed by atoms with E-state index in [2.05, 4.69) is 341 Å². The molecule has 124 heavy (non-hydrogen) atoms. The Labute approximate surface area is 722 Å². The van der Waals surface area contributed by atoms with E-state index in [-0.39, 0.29) is 0 Å². The lowest BCUT2D eigenvalue weighted by atomic mass is 9.78. The van der Waals surface area contributed by atoms with E-state index in [4.69, 9.17) is 38.1 Å². The van der Waals surface area contributed by atoms with Crippen molar-refractivity contribution in [2.45, 2.75) is 38.9 Å². The van der Waals surface area contributed by atoms with Crippen molar-refractivity contribution in [3.8, 4) is 79.2 Å². The fourth-order valence-electron chi connectivity index (χ4n) is 18.4. The number of benzene rings is 16. The predicted molar refractivity (Wildman–Crippen MR) is 513 cm³/mol. The number of aromatic nitrogens is 8. The average molecular weight is 1660 g/mol. The summed E-state index contributed by atoms with van der Waals surface area (Å²) in [7, 11) is -0.447. The quantitative estimate of drug-likeness (QED) is 0.124. The van der Waals surface area contributed by atoms with Crippen molar-refractivity contribution in [3.63, 3.8) is 0 Å². The van der Waals surface area contributed by atoms with Gasteiger partial charge in [-0.05, 0) is 178 Å². The molecule has 0 amide bonds. The molecule has 16 aromatic carbocycles. The van der Waals surface area contributed by atoms with Crippen molar-refractivity contribution in [2.75, 3.05) is 0 Å². The monoisotopic (exact) mass is 1660 g/mol. The van der Waals surface area contributed by atoms with Crippen LogP contribution >= 0.6 is 15.9 Å². The van der Waals surface area contributed by atoms with Gasteiger partial charge in [-0.3, -0.25) is 0 Å². The number of nitrogens with zero attached hydrogens (tertiary/aromatic N) is 8. The van der Waals surface area contributed by atoms with Gasteiger partial charge in [-0.25, -0.2) is 19.9 Å². The number of rotatable bonds is 10. The molecule has 0 spiro atoms. The average Bonchev–Trinajstić information content (AvgIpc) is 1.56. The van der Waals surface area contributed by atoms with Gasteiger partial charge in [-0.15, -0.1) is 0 Å². The Morgan fingerprint density at radius 3 is 1.09 bits per heavy atom. The normalized spacial score (nSPS) is 13.2. The van der Waals surface area contributed by atoms with E-state index in [9.17, 15) is 0 Å². The molecule has 590 valence electrons. The van der Waals surface area contributed by atoms with Crippen molar-refractivity contribution in [2.24, 2.45) is 0 Å². The zero-order valence-corrected chi connectivity index (χ0v) is 69.7. The fourth-order valence-corrected chi connectivity index (χ4v) is 18.9. The van der Waals surface area contributed by atoms with E-state index in [1.807, 2.05) is 109 Å². The van der Waals surface area contributed by atoms with Crippen LogP contribution in [0.4, 0.5) is 0 Å². The van der Waals surface area contributed by atoms with Crippen LogP contribution < -0.4 is 5.46 Å². The number of furan rings is 2. The van der Waals surface area contributed by atoms with Crippen LogP contribution in [0.1, 0.15) is 27.7 Å². The molecule has 1 fully saturated rings. The first kappa shape index (κ1) is 74.0. The summed E-state index contributed by atoms with van der Waals surface area (Å²) in [5.41, 5.74) is 26.4. The lowest BCUT2D eigenvalue weighted by Crippen LogP contribution is -2.41. The highest BCUT2D eigenvalue weighted by Crippen LogP contribution is 2.46. The highest BCUT2D eigenvalue weighted by atomic mass is 79.9. The molecule has 0 N–H and O–H groups in total. The second kappa shape index (κ2) is 29.7. The molecule has 24 aromatic rings. The lowest BCUT2D eigenvalue weighted by Gasteiger charge is -2.32. The van der Waals surface area contributed by atoms with Crippen LogP contribution in [0.3, 0.4) is 0 Å². The van der Waals surface area contributed by atoms with Gasteiger partial charge < -0.3 is 36.4 Å². The largest absolute Gasteiger partial charge is 0.494 e. The summed E-state index contributed by atoms with van der Waals surface area (Å²) in [6, 6.07) is 136. The van der Waals surface area contributed by atoms with E-state index in [1.165, 1.54) is 87.6 Å². The fraction of sp³-hybridized carbons (Fsp3) is 0.0545. The zero-order chi connectivity index (χ0) is 82.9. The molecule has 14 heteroatoms. The van der Waals surface area contributed by atoms with Crippen LogP contribution in [0.2, 0.25) is 0 Å². The van der Waals surface area contributed by atoms with Crippen LogP contribution in [0.25, 0.3) is 211 Å². The molecule has 1 aliphatic rings. The molecular weight excluding hydrogens is 1590 g/mol. The van der Waals surface area contributed by atoms with Crippen LogP contribution in [-0.4, -0.2) is 56.5 Å². The predicted octanol–water partition coefficient (Wildman–Crippen LogP) is 28.2. The molecule has 0 saturated carbocycles. The minimum Gasteiger partial charge on any atom is -0.452 e. The van der Waals surface area contributed by atoms with Crippen LogP contribution in [0, 0.1) is 0 Å². The van der Waals surface area contributed by atoms with Gasteiger partial charge in [0.15, 0.2) is 22.8 Å². The van der Waals surface area contributed by atoms with E-state index in [0.717, 1.165) is 110 Å².